The number of nitrogens with zero attached hydrogens (tertiary/aromatic N) is 1. The maximum Gasteiger partial charge on any atom is 0.239 e. The number of piperidine rings is 1. The van der Waals surface area contributed by atoms with E-state index in [4.69, 9.17) is 0 Å². The van der Waals surface area contributed by atoms with E-state index in [1.165, 1.54) is 19.3 Å². The Morgan fingerprint density at radius 2 is 2.06 bits per heavy atom. The highest BCUT2D eigenvalue weighted by molar-refractivity contribution is 5.82. The molecule has 2 aliphatic heterocycles. The lowest BCUT2D eigenvalue weighted by Crippen LogP contribution is -2.47. The van der Waals surface area contributed by atoms with E-state index in [1.54, 1.807) is 0 Å². The van der Waals surface area contributed by atoms with Crippen LogP contribution in [0.4, 0.5) is 0 Å². The summed E-state index contributed by atoms with van der Waals surface area (Å²) < 4.78 is 0. The molecule has 1 amide bonds. The van der Waals surface area contributed by atoms with Gasteiger partial charge in [0.25, 0.3) is 0 Å². The van der Waals surface area contributed by atoms with Crippen LogP contribution in [0.15, 0.2) is 0 Å². The van der Waals surface area contributed by atoms with Gasteiger partial charge >= 0.3 is 0 Å². The lowest BCUT2D eigenvalue weighted by Gasteiger charge is -2.35. The molecule has 98 valence electrons. The number of hydrogen-bond acceptors (Lipinski definition) is 2. The molecule has 3 nitrogen and oxygen atoms in total. The molecule has 1 unspecified atom stereocenters. The first-order valence-corrected chi connectivity index (χ1v) is 7.24. The molecular weight excluding hydrogens is 212 g/mol. The molecule has 0 aromatic rings. The highest BCUT2D eigenvalue weighted by Gasteiger charge is 2.30. The fourth-order valence-corrected chi connectivity index (χ4v) is 3.14. The largest absolute Gasteiger partial charge is 0.341 e. The smallest absolute Gasteiger partial charge is 0.239 e. The molecule has 0 aliphatic carbocycles. The van der Waals surface area contributed by atoms with Crippen molar-refractivity contribution >= 4 is 5.91 Å². The van der Waals surface area contributed by atoms with Gasteiger partial charge in [0.2, 0.25) is 5.91 Å². The molecule has 17 heavy (non-hydrogen) atoms. The highest BCUT2D eigenvalue weighted by Crippen LogP contribution is 2.27. The van der Waals surface area contributed by atoms with Crippen molar-refractivity contribution in [2.45, 2.75) is 52.0 Å². The maximum absolute atomic E-state index is 12.2. The van der Waals surface area contributed by atoms with E-state index in [9.17, 15) is 4.79 Å². The van der Waals surface area contributed by atoms with E-state index >= 15 is 0 Å². The van der Waals surface area contributed by atoms with Crippen molar-refractivity contribution in [3.05, 3.63) is 0 Å². The van der Waals surface area contributed by atoms with Crippen LogP contribution in [0.3, 0.4) is 0 Å². The number of nitrogens with one attached hydrogen (secondary N) is 1. The van der Waals surface area contributed by atoms with Crippen LogP contribution in [0.1, 0.15) is 46.0 Å². The van der Waals surface area contributed by atoms with Gasteiger partial charge in [-0.15, -0.1) is 0 Å². The van der Waals surface area contributed by atoms with E-state index in [0.717, 1.165) is 44.3 Å². The highest BCUT2D eigenvalue weighted by atomic mass is 16.2. The zero-order chi connectivity index (χ0) is 12.3. The first-order chi connectivity index (χ1) is 8.22. The molecule has 2 rings (SSSR count). The Hall–Kier alpha value is -0.570. The maximum atomic E-state index is 12.2. The predicted molar refractivity (Wildman–Crippen MR) is 69.8 cm³/mol. The second kappa shape index (κ2) is 5.85. The average Bonchev–Trinajstić information content (AvgIpc) is 2.91. The standard InChI is InChI=1S/C14H26N2O/c1-3-11(2)12-6-9-16(10-7-12)14(17)13-5-4-8-15-13/h11-13,15H,3-10H2,1-2H3/t11-,13?/m0/s1. The minimum Gasteiger partial charge on any atom is -0.341 e. The van der Waals surface area contributed by atoms with Gasteiger partial charge in [-0.1, -0.05) is 20.3 Å². The summed E-state index contributed by atoms with van der Waals surface area (Å²) in [6, 6.07) is 0.121. The number of likely N-dealkylation sites (tertiary alicyclic amines) is 1. The number of hydrogen-bond donors (Lipinski definition) is 1. The molecule has 2 atom stereocenters. The molecule has 2 saturated heterocycles. The second-order valence-electron chi connectivity index (χ2n) is 5.70. The average molecular weight is 238 g/mol. The third-order valence-corrected chi connectivity index (χ3v) is 4.66. The minimum absolute atomic E-state index is 0.121. The number of amides is 1. The van der Waals surface area contributed by atoms with Gasteiger partial charge in [-0.3, -0.25) is 4.79 Å². The monoisotopic (exact) mass is 238 g/mol. The van der Waals surface area contributed by atoms with Crippen LogP contribution in [0.5, 0.6) is 0 Å². The van der Waals surface area contributed by atoms with E-state index < -0.39 is 0 Å². The Bertz CT molecular complexity index is 253. The molecule has 0 spiro atoms. The fourth-order valence-electron chi connectivity index (χ4n) is 3.14. The molecule has 2 fully saturated rings. The first-order valence-electron chi connectivity index (χ1n) is 7.24. The minimum atomic E-state index is 0.121. The number of carbonyl (C=O) groups is 1. The molecule has 1 N–H and O–H groups in total. The van der Waals surface area contributed by atoms with Gasteiger partial charge in [-0.25, -0.2) is 0 Å². The van der Waals surface area contributed by atoms with Crippen molar-refractivity contribution in [2.24, 2.45) is 11.8 Å². The zero-order valence-corrected chi connectivity index (χ0v) is 11.2. The Kier molecular flexibility index (Phi) is 4.43. The number of rotatable bonds is 3. The van der Waals surface area contributed by atoms with Crippen LogP contribution in [-0.4, -0.2) is 36.5 Å². The summed E-state index contributed by atoms with van der Waals surface area (Å²) in [4.78, 5) is 14.3. The summed E-state index contributed by atoms with van der Waals surface area (Å²) in [5, 5.41) is 3.31. The van der Waals surface area contributed by atoms with Crippen LogP contribution in [0.2, 0.25) is 0 Å². The van der Waals surface area contributed by atoms with Gasteiger partial charge in [0.15, 0.2) is 0 Å². The quantitative estimate of drug-likeness (QED) is 0.816. The van der Waals surface area contributed by atoms with Gasteiger partial charge in [0, 0.05) is 13.1 Å². The molecule has 2 aliphatic rings. The van der Waals surface area contributed by atoms with Crippen LogP contribution >= 0.6 is 0 Å². The van der Waals surface area contributed by atoms with Gasteiger partial charge in [-0.05, 0) is 44.1 Å². The van der Waals surface area contributed by atoms with E-state index in [2.05, 4.69) is 24.1 Å². The summed E-state index contributed by atoms with van der Waals surface area (Å²) in [5.74, 6) is 2.00. The molecule has 0 aromatic heterocycles. The van der Waals surface area contributed by atoms with E-state index in [0.29, 0.717) is 5.91 Å². The molecule has 2 heterocycles. The Balaban J connectivity index is 1.80. The van der Waals surface area contributed by atoms with Crippen LogP contribution in [0, 0.1) is 11.8 Å². The molecule has 0 bridgehead atoms. The fraction of sp³-hybridized carbons (Fsp3) is 0.929. The van der Waals surface area contributed by atoms with E-state index in [-0.39, 0.29) is 6.04 Å². The molecule has 0 aromatic carbocycles. The van der Waals surface area contributed by atoms with Crippen LogP contribution in [0.25, 0.3) is 0 Å². The Labute approximate surface area is 105 Å². The van der Waals surface area contributed by atoms with Crippen LogP contribution in [-0.2, 0) is 4.79 Å². The summed E-state index contributed by atoms with van der Waals surface area (Å²) >= 11 is 0. The topological polar surface area (TPSA) is 32.3 Å². The first kappa shape index (κ1) is 12.9. The normalized spacial score (nSPS) is 28.4. The zero-order valence-electron chi connectivity index (χ0n) is 11.2. The van der Waals surface area contributed by atoms with Crippen molar-refractivity contribution in [3.8, 4) is 0 Å². The van der Waals surface area contributed by atoms with Crippen molar-refractivity contribution < 1.29 is 4.79 Å². The van der Waals surface area contributed by atoms with Gasteiger partial charge in [0.05, 0.1) is 6.04 Å². The van der Waals surface area contributed by atoms with Gasteiger partial charge < -0.3 is 10.2 Å². The lowest BCUT2D eigenvalue weighted by atomic mass is 9.84. The van der Waals surface area contributed by atoms with Crippen LogP contribution < -0.4 is 5.32 Å². The SMILES string of the molecule is CC[C@H](C)C1CCN(C(=O)C2CCCN2)CC1. The summed E-state index contributed by atoms with van der Waals surface area (Å²) in [7, 11) is 0. The van der Waals surface area contributed by atoms with E-state index in [1.807, 2.05) is 0 Å². The van der Waals surface area contributed by atoms with Crippen molar-refractivity contribution in [3.63, 3.8) is 0 Å². The summed E-state index contributed by atoms with van der Waals surface area (Å²) in [6.07, 6.45) is 5.85. The second-order valence-corrected chi connectivity index (χ2v) is 5.70. The lowest BCUT2D eigenvalue weighted by molar-refractivity contribution is -0.134. The summed E-state index contributed by atoms with van der Waals surface area (Å²) in [5.41, 5.74) is 0. The van der Waals surface area contributed by atoms with Crippen molar-refractivity contribution in [1.82, 2.24) is 10.2 Å². The molecule has 0 radical (unpaired) electrons. The molecule has 0 saturated carbocycles. The van der Waals surface area contributed by atoms with Crippen molar-refractivity contribution in [1.29, 1.82) is 0 Å². The molecular formula is C14H26N2O. The summed E-state index contributed by atoms with van der Waals surface area (Å²) in [6.45, 7) is 7.59. The Morgan fingerprint density at radius 1 is 1.35 bits per heavy atom. The molecule has 3 heteroatoms. The predicted octanol–water partition coefficient (Wildman–Crippen LogP) is 2.02. The van der Waals surface area contributed by atoms with Crippen molar-refractivity contribution in [2.75, 3.05) is 19.6 Å². The Morgan fingerprint density at radius 3 is 2.59 bits per heavy atom. The van der Waals surface area contributed by atoms with Gasteiger partial charge in [-0.2, -0.15) is 0 Å². The third kappa shape index (κ3) is 3.01. The number of carbonyl (C=O) groups excluding carboxylic acids is 1. The third-order valence-electron chi connectivity index (χ3n) is 4.66. The van der Waals surface area contributed by atoms with Gasteiger partial charge in [0.1, 0.15) is 0 Å².